The lowest BCUT2D eigenvalue weighted by atomic mass is 9.81. The van der Waals surface area contributed by atoms with Gasteiger partial charge in [0.1, 0.15) is 0 Å². The second-order valence-electron chi connectivity index (χ2n) is 4.92. The molecule has 2 saturated carbocycles. The van der Waals surface area contributed by atoms with Crippen LogP contribution in [0.25, 0.3) is 0 Å². The Kier molecular flexibility index (Phi) is 2.02. The van der Waals surface area contributed by atoms with Gasteiger partial charge in [-0.15, -0.1) is 0 Å². The van der Waals surface area contributed by atoms with Crippen LogP contribution in [0.15, 0.2) is 18.3 Å². The quantitative estimate of drug-likeness (QED) is 0.714. The van der Waals surface area contributed by atoms with Crippen LogP contribution in [-0.2, 0) is 0 Å². The summed E-state index contributed by atoms with van der Waals surface area (Å²) in [5.41, 5.74) is 7.16. The lowest BCUT2D eigenvalue weighted by Crippen LogP contribution is -2.31. The van der Waals surface area contributed by atoms with Crippen molar-refractivity contribution in [2.75, 3.05) is 0 Å². The van der Waals surface area contributed by atoms with Crippen LogP contribution >= 0.6 is 0 Å². The van der Waals surface area contributed by atoms with Gasteiger partial charge in [0.15, 0.2) is 0 Å². The Labute approximate surface area is 88.7 Å². The molecule has 2 bridgehead atoms. The first-order valence-electron chi connectivity index (χ1n) is 5.61. The van der Waals surface area contributed by atoms with Gasteiger partial charge in [0, 0.05) is 12.2 Å². The molecular formula is C12H15FN2. The van der Waals surface area contributed by atoms with Crippen LogP contribution in [0.2, 0.25) is 0 Å². The van der Waals surface area contributed by atoms with Crippen molar-refractivity contribution < 1.29 is 4.39 Å². The summed E-state index contributed by atoms with van der Waals surface area (Å²) in [6.45, 7) is 0. The summed E-state index contributed by atoms with van der Waals surface area (Å²) in [6.07, 6.45) is 5.13. The van der Waals surface area contributed by atoms with Crippen molar-refractivity contribution in [2.24, 2.45) is 17.6 Å². The third-order valence-electron chi connectivity index (χ3n) is 4.04. The van der Waals surface area contributed by atoms with Gasteiger partial charge in [-0.1, -0.05) is 0 Å². The van der Waals surface area contributed by atoms with Crippen LogP contribution in [0.3, 0.4) is 0 Å². The lowest BCUT2D eigenvalue weighted by Gasteiger charge is -2.27. The molecule has 0 spiro atoms. The molecule has 2 N–H and O–H groups in total. The van der Waals surface area contributed by atoms with E-state index in [0.29, 0.717) is 17.9 Å². The number of nitrogens with zero attached hydrogens (tertiary/aromatic N) is 1. The Bertz CT molecular complexity index is 380. The molecule has 80 valence electrons. The largest absolute Gasteiger partial charge is 0.327 e. The molecule has 0 saturated heterocycles. The highest BCUT2D eigenvalue weighted by atomic mass is 19.1. The first-order chi connectivity index (χ1) is 7.24. The molecule has 0 amide bonds. The number of halogens is 1. The Morgan fingerprint density at radius 1 is 1.33 bits per heavy atom. The minimum absolute atomic E-state index is 0.324. The second kappa shape index (κ2) is 3.27. The molecular weight excluding hydrogens is 191 g/mol. The molecule has 4 atom stereocenters. The summed E-state index contributed by atoms with van der Waals surface area (Å²) in [5.74, 6) is 1.43. The van der Waals surface area contributed by atoms with Crippen LogP contribution in [0, 0.1) is 17.8 Å². The molecule has 15 heavy (non-hydrogen) atoms. The van der Waals surface area contributed by atoms with Crippen molar-refractivity contribution >= 4 is 0 Å². The summed E-state index contributed by atoms with van der Waals surface area (Å²) >= 11 is 0. The third-order valence-corrected chi connectivity index (χ3v) is 4.04. The van der Waals surface area contributed by atoms with E-state index in [1.807, 2.05) is 6.07 Å². The maximum absolute atomic E-state index is 13.0. The molecule has 2 fully saturated rings. The van der Waals surface area contributed by atoms with Gasteiger partial charge in [-0.2, -0.15) is 4.39 Å². The van der Waals surface area contributed by atoms with Crippen molar-refractivity contribution in [1.82, 2.24) is 4.98 Å². The highest BCUT2D eigenvalue weighted by molar-refractivity contribution is 5.22. The van der Waals surface area contributed by atoms with Crippen LogP contribution in [-0.4, -0.2) is 11.0 Å². The number of fused-ring (bicyclic) bond motifs is 2. The third kappa shape index (κ3) is 1.46. The van der Waals surface area contributed by atoms with Crippen LogP contribution in [0.1, 0.15) is 30.7 Å². The smallest absolute Gasteiger partial charge is 0.213 e. The number of rotatable bonds is 1. The Morgan fingerprint density at radius 3 is 2.87 bits per heavy atom. The Balaban J connectivity index is 1.90. The molecule has 3 rings (SSSR count). The number of pyridine rings is 1. The van der Waals surface area contributed by atoms with Crippen LogP contribution in [0.5, 0.6) is 0 Å². The normalized spacial score (nSPS) is 38.5. The molecule has 1 heterocycles. The topological polar surface area (TPSA) is 38.9 Å². The standard InChI is InChI=1S/C12H15FN2/c13-12-6-8(1-2-15-12)9-3-7-4-10(9)11(14)5-7/h1-2,6-7,9-11H,3-5,14H2. The fourth-order valence-electron chi connectivity index (χ4n) is 3.44. The van der Waals surface area contributed by atoms with E-state index in [1.54, 1.807) is 12.3 Å². The molecule has 2 aliphatic rings. The first kappa shape index (κ1) is 9.28. The number of nitrogens with two attached hydrogens (primary N) is 1. The van der Waals surface area contributed by atoms with Gasteiger partial charge >= 0.3 is 0 Å². The predicted octanol–water partition coefficient (Wildman–Crippen LogP) is 2.06. The van der Waals surface area contributed by atoms with Crippen LogP contribution < -0.4 is 5.73 Å². The summed E-state index contributed by atoms with van der Waals surface area (Å²) in [4.78, 5) is 3.59. The van der Waals surface area contributed by atoms with E-state index in [0.717, 1.165) is 17.9 Å². The van der Waals surface area contributed by atoms with Gasteiger partial charge in [0.05, 0.1) is 0 Å². The van der Waals surface area contributed by atoms with Gasteiger partial charge in [0.2, 0.25) is 5.95 Å². The van der Waals surface area contributed by atoms with E-state index in [2.05, 4.69) is 4.98 Å². The molecule has 1 aromatic rings. The molecule has 3 heteroatoms. The highest BCUT2D eigenvalue weighted by Crippen LogP contribution is 2.52. The average Bonchev–Trinajstić information content (AvgIpc) is 2.76. The zero-order chi connectivity index (χ0) is 10.4. The molecule has 2 nitrogen and oxygen atoms in total. The van der Waals surface area contributed by atoms with Gasteiger partial charge in [-0.05, 0) is 54.7 Å². The van der Waals surface area contributed by atoms with Crippen molar-refractivity contribution in [3.8, 4) is 0 Å². The average molecular weight is 206 g/mol. The minimum Gasteiger partial charge on any atom is -0.327 e. The van der Waals surface area contributed by atoms with Gasteiger partial charge in [-0.25, -0.2) is 4.98 Å². The van der Waals surface area contributed by atoms with E-state index in [-0.39, 0.29) is 5.95 Å². The number of hydrogen-bond acceptors (Lipinski definition) is 2. The molecule has 1 aromatic heterocycles. The van der Waals surface area contributed by atoms with Crippen molar-refractivity contribution in [3.63, 3.8) is 0 Å². The predicted molar refractivity (Wildman–Crippen MR) is 55.7 cm³/mol. The Morgan fingerprint density at radius 2 is 2.20 bits per heavy atom. The second-order valence-corrected chi connectivity index (χ2v) is 4.92. The lowest BCUT2D eigenvalue weighted by molar-refractivity contribution is 0.367. The highest BCUT2D eigenvalue weighted by Gasteiger charge is 2.45. The minimum atomic E-state index is -0.371. The SMILES string of the molecule is NC1CC2CC(c3ccnc(F)c3)C1C2. The molecule has 4 unspecified atom stereocenters. The van der Waals surface area contributed by atoms with E-state index in [9.17, 15) is 4.39 Å². The summed E-state index contributed by atoms with van der Waals surface area (Å²) < 4.78 is 13.0. The van der Waals surface area contributed by atoms with E-state index in [4.69, 9.17) is 5.73 Å². The maximum Gasteiger partial charge on any atom is 0.213 e. The zero-order valence-corrected chi connectivity index (χ0v) is 8.57. The fourth-order valence-corrected chi connectivity index (χ4v) is 3.44. The molecule has 0 aromatic carbocycles. The maximum atomic E-state index is 13.0. The van der Waals surface area contributed by atoms with Crippen molar-refractivity contribution in [1.29, 1.82) is 0 Å². The van der Waals surface area contributed by atoms with Gasteiger partial charge < -0.3 is 5.73 Å². The first-order valence-corrected chi connectivity index (χ1v) is 5.61. The molecule has 2 aliphatic carbocycles. The van der Waals surface area contributed by atoms with Crippen molar-refractivity contribution in [2.45, 2.75) is 31.2 Å². The Hall–Kier alpha value is -0.960. The number of hydrogen-bond donors (Lipinski definition) is 1. The number of aromatic nitrogens is 1. The zero-order valence-electron chi connectivity index (χ0n) is 8.57. The van der Waals surface area contributed by atoms with Gasteiger partial charge in [-0.3, -0.25) is 0 Å². The monoisotopic (exact) mass is 206 g/mol. The van der Waals surface area contributed by atoms with E-state index < -0.39 is 0 Å². The van der Waals surface area contributed by atoms with Crippen molar-refractivity contribution in [3.05, 3.63) is 29.8 Å². The van der Waals surface area contributed by atoms with Gasteiger partial charge in [0.25, 0.3) is 0 Å². The van der Waals surface area contributed by atoms with E-state index >= 15 is 0 Å². The van der Waals surface area contributed by atoms with Crippen LogP contribution in [0.4, 0.5) is 4.39 Å². The van der Waals surface area contributed by atoms with E-state index in [1.165, 1.54) is 12.8 Å². The summed E-state index contributed by atoms with van der Waals surface area (Å²) in [6, 6.07) is 3.82. The summed E-state index contributed by atoms with van der Waals surface area (Å²) in [5, 5.41) is 0. The molecule has 0 aliphatic heterocycles. The fraction of sp³-hybridized carbons (Fsp3) is 0.583. The summed E-state index contributed by atoms with van der Waals surface area (Å²) in [7, 11) is 0. The molecule has 0 radical (unpaired) electrons.